The van der Waals surface area contributed by atoms with Crippen LogP contribution < -0.4 is 16.0 Å². The number of amides is 2. The molecule has 0 aliphatic rings. The molecule has 1 aromatic carbocycles. The third kappa shape index (κ3) is 9.68. The number of carbonyl (C=O) groups is 3. The van der Waals surface area contributed by atoms with Gasteiger partial charge in [0.05, 0.1) is 0 Å². The minimum atomic E-state index is -1.20. The van der Waals surface area contributed by atoms with E-state index in [0.717, 1.165) is 29.5 Å². The fourth-order valence-corrected chi connectivity index (χ4v) is 2.32. The predicted octanol–water partition coefficient (Wildman–Crippen LogP) is 1.55. The van der Waals surface area contributed by atoms with Gasteiger partial charge >= 0.3 is 18.0 Å². The summed E-state index contributed by atoms with van der Waals surface area (Å²) < 4.78 is 1.02. The monoisotopic (exact) mass is 415 g/mol. The molecule has 8 nitrogen and oxygen atoms in total. The molecule has 9 heteroatoms. The van der Waals surface area contributed by atoms with Crippen LogP contribution in [0.15, 0.2) is 28.7 Å². The number of carboxylic acids is 2. The molecule has 1 unspecified atom stereocenters. The summed E-state index contributed by atoms with van der Waals surface area (Å²) >= 11 is 3.37. The highest BCUT2D eigenvalue weighted by Crippen LogP contribution is 2.10. The zero-order valence-electron chi connectivity index (χ0n) is 13.6. The van der Waals surface area contributed by atoms with Crippen molar-refractivity contribution in [2.24, 2.45) is 0 Å². The topological polar surface area (TPSA) is 128 Å². The molecule has 0 radical (unpaired) electrons. The second kappa shape index (κ2) is 11.4. The Morgan fingerprint density at radius 3 is 2.36 bits per heavy atom. The molecule has 0 spiro atoms. The van der Waals surface area contributed by atoms with Gasteiger partial charge in [0.1, 0.15) is 12.6 Å². The van der Waals surface area contributed by atoms with E-state index in [1.165, 1.54) is 0 Å². The number of halogens is 1. The highest BCUT2D eigenvalue weighted by Gasteiger charge is 2.19. The van der Waals surface area contributed by atoms with E-state index in [2.05, 4.69) is 31.9 Å². The fourth-order valence-electron chi connectivity index (χ4n) is 2.06. The Bertz CT molecular complexity index is 580. The van der Waals surface area contributed by atoms with Crippen LogP contribution in [-0.2, 0) is 16.1 Å². The summed E-state index contributed by atoms with van der Waals surface area (Å²) in [5.41, 5.74) is 1.16. The Morgan fingerprint density at radius 1 is 1.08 bits per heavy atom. The first-order valence-electron chi connectivity index (χ1n) is 7.82. The van der Waals surface area contributed by atoms with E-state index >= 15 is 0 Å². The predicted molar refractivity (Wildman–Crippen MR) is 95.3 cm³/mol. The van der Waals surface area contributed by atoms with Crippen molar-refractivity contribution < 1.29 is 24.6 Å². The molecule has 0 aliphatic carbocycles. The number of carbonyl (C=O) groups excluding carboxylic acids is 1. The Hall–Kier alpha value is -2.13. The zero-order chi connectivity index (χ0) is 18.7. The van der Waals surface area contributed by atoms with E-state index in [0.29, 0.717) is 6.42 Å². The van der Waals surface area contributed by atoms with Crippen LogP contribution in [0, 0.1) is 0 Å². The molecule has 0 heterocycles. The molecular formula is C16H22BrN3O5. The molecule has 1 aromatic rings. The van der Waals surface area contributed by atoms with Crippen LogP contribution in [0.5, 0.6) is 0 Å². The lowest BCUT2D eigenvalue weighted by molar-refractivity contribution is -0.139. The van der Waals surface area contributed by atoms with Gasteiger partial charge in [0.2, 0.25) is 0 Å². The number of rotatable bonds is 11. The second-order valence-corrected chi connectivity index (χ2v) is 6.33. The van der Waals surface area contributed by atoms with Crippen LogP contribution in [-0.4, -0.2) is 47.3 Å². The van der Waals surface area contributed by atoms with Crippen molar-refractivity contribution in [3.63, 3.8) is 0 Å². The van der Waals surface area contributed by atoms with Crippen LogP contribution in [0.1, 0.15) is 24.8 Å². The first kappa shape index (κ1) is 20.9. The standard InChI is InChI=1S/C16H22BrN3O5/c17-12-6-4-11(5-7-12)9-18-8-2-1-3-13(15(23)24)20-16(25)19-10-14(21)22/h4-7,13,18H,1-3,8-10H2,(H,21,22)(H,23,24)(H2,19,20,25). The number of carboxylic acid groups (broad SMARTS) is 2. The van der Waals surface area contributed by atoms with Crippen molar-refractivity contribution in [3.05, 3.63) is 34.3 Å². The summed E-state index contributed by atoms with van der Waals surface area (Å²) in [6.45, 7) is 0.900. The van der Waals surface area contributed by atoms with Crippen LogP contribution in [0.3, 0.4) is 0 Å². The molecule has 0 saturated carbocycles. The summed E-state index contributed by atoms with van der Waals surface area (Å²) in [6.07, 6.45) is 1.65. The minimum absolute atomic E-state index is 0.274. The van der Waals surface area contributed by atoms with Crippen molar-refractivity contribution in [2.75, 3.05) is 13.1 Å². The average Bonchev–Trinajstić information content (AvgIpc) is 2.56. The van der Waals surface area contributed by atoms with Crippen molar-refractivity contribution in [1.29, 1.82) is 0 Å². The number of nitrogens with one attached hydrogen (secondary N) is 3. The molecule has 2 amide bonds. The van der Waals surface area contributed by atoms with Crippen LogP contribution in [0.2, 0.25) is 0 Å². The quantitative estimate of drug-likeness (QED) is 0.348. The third-order valence-corrected chi connectivity index (χ3v) is 3.87. The van der Waals surface area contributed by atoms with Crippen molar-refractivity contribution in [1.82, 2.24) is 16.0 Å². The molecule has 0 bridgehead atoms. The van der Waals surface area contributed by atoms with Crippen molar-refractivity contribution >= 4 is 33.9 Å². The van der Waals surface area contributed by atoms with Crippen molar-refractivity contribution in [2.45, 2.75) is 31.8 Å². The van der Waals surface area contributed by atoms with E-state index in [4.69, 9.17) is 10.2 Å². The van der Waals surface area contributed by atoms with Crippen LogP contribution in [0.4, 0.5) is 4.79 Å². The van der Waals surface area contributed by atoms with Crippen molar-refractivity contribution in [3.8, 4) is 0 Å². The highest BCUT2D eigenvalue weighted by molar-refractivity contribution is 9.10. The second-order valence-electron chi connectivity index (χ2n) is 5.41. The number of unbranched alkanes of at least 4 members (excludes halogenated alkanes) is 1. The lowest BCUT2D eigenvalue weighted by Gasteiger charge is -2.14. The minimum Gasteiger partial charge on any atom is -0.480 e. The molecule has 1 rings (SSSR count). The van der Waals surface area contributed by atoms with Gasteiger partial charge in [0.25, 0.3) is 0 Å². The van der Waals surface area contributed by atoms with E-state index in [1.807, 2.05) is 24.3 Å². The summed E-state index contributed by atoms with van der Waals surface area (Å²) in [5.74, 6) is -2.34. The van der Waals surface area contributed by atoms with Crippen LogP contribution >= 0.6 is 15.9 Å². The number of hydrogen-bond donors (Lipinski definition) is 5. The van der Waals surface area contributed by atoms with Crippen LogP contribution in [0.25, 0.3) is 0 Å². The van der Waals surface area contributed by atoms with Gasteiger partial charge in [-0.15, -0.1) is 0 Å². The first-order valence-corrected chi connectivity index (χ1v) is 8.62. The third-order valence-electron chi connectivity index (χ3n) is 3.34. The molecule has 0 aliphatic heterocycles. The molecule has 25 heavy (non-hydrogen) atoms. The van der Waals surface area contributed by atoms with Gasteiger partial charge in [-0.25, -0.2) is 9.59 Å². The number of aliphatic carboxylic acids is 2. The summed E-state index contributed by atoms with van der Waals surface area (Å²) in [6, 6.07) is 6.11. The van der Waals surface area contributed by atoms with Gasteiger partial charge in [-0.2, -0.15) is 0 Å². The lowest BCUT2D eigenvalue weighted by atomic mass is 10.1. The Morgan fingerprint density at radius 2 is 1.76 bits per heavy atom. The Balaban J connectivity index is 2.19. The number of benzene rings is 1. The average molecular weight is 416 g/mol. The first-order chi connectivity index (χ1) is 11.9. The molecule has 0 saturated heterocycles. The normalized spacial score (nSPS) is 11.6. The molecule has 138 valence electrons. The van der Waals surface area contributed by atoms with Gasteiger partial charge in [0, 0.05) is 11.0 Å². The summed E-state index contributed by atoms with van der Waals surface area (Å²) in [4.78, 5) is 32.9. The molecule has 0 aromatic heterocycles. The molecular weight excluding hydrogens is 394 g/mol. The SMILES string of the molecule is O=C(O)CNC(=O)NC(CCCCNCc1ccc(Br)cc1)C(=O)O. The van der Waals surface area contributed by atoms with E-state index in [-0.39, 0.29) is 6.42 Å². The number of urea groups is 1. The zero-order valence-corrected chi connectivity index (χ0v) is 15.2. The van der Waals surface area contributed by atoms with Gasteiger partial charge in [0.15, 0.2) is 0 Å². The number of hydrogen-bond acceptors (Lipinski definition) is 4. The maximum absolute atomic E-state index is 11.4. The lowest BCUT2D eigenvalue weighted by Crippen LogP contribution is -2.47. The van der Waals surface area contributed by atoms with E-state index < -0.39 is 30.6 Å². The molecule has 0 fully saturated rings. The molecule has 1 atom stereocenters. The summed E-state index contributed by atoms with van der Waals surface area (Å²) in [7, 11) is 0. The van der Waals surface area contributed by atoms with E-state index in [9.17, 15) is 14.4 Å². The highest BCUT2D eigenvalue weighted by atomic mass is 79.9. The largest absolute Gasteiger partial charge is 0.480 e. The van der Waals surface area contributed by atoms with Gasteiger partial charge < -0.3 is 26.2 Å². The maximum Gasteiger partial charge on any atom is 0.326 e. The fraction of sp³-hybridized carbons (Fsp3) is 0.438. The Labute approximate surface area is 154 Å². The van der Waals surface area contributed by atoms with Gasteiger partial charge in [-0.3, -0.25) is 4.79 Å². The van der Waals surface area contributed by atoms with Gasteiger partial charge in [-0.1, -0.05) is 28.1 Å². The Kier molecular flexibility index (Phi) is 9.56. The summed E-state index contributed by atoms with van der Waals surface area (Å²) in [5, 5.41) is 25.1. The maximum atomic E-state index is 11.4. The smallest absolute Gasteiger partial charge is 0.326 e. The van der Waals surface area contributed by atoms with E-state index in [1.54, 1.807) is 0 Å². The van der Waals surface area contributed by atoms with Gasteiger partial charge in [-0.05, 0) is 43.5 Å². The molecule has 5 N–H and O–H groups in total.